The van der Waals surface area contributed by atoms with Gasteiger partial charge in [-0.15, -0.1) is 0 Å². The van der Waals surface area contributed by atoms with Crippen LogP contribution in [-0.2, 0) is 27.8 Å². The standard InChI is InChI=1S/C17H15F3N2O3S/c1-22(9-11-2-4-12(18)7-13(11)19)26(24,25)16-6-10-3-5-17(23)21-15(10)8-14(16)20/h2,4,6-8H,3,5,9H2,1H3,(H,21,23). The highest BCUT2D eigenvalue weighted by atomic mass is 32.2. The highest BCUT2D eigenvalue weighted by molar-refractivity contribution is 7.89. The van der Waals surface area contributed by atoms with E-state index in [1.54, 1.807) is 0 Å². The van der Waals surface area contributed by atoms with Crippen LogP contribution in [0.25, 0.3) is 0 Å². The Bertz CT molecular complexity index is 993. The van der Waals surface area contributed by atoms with Gasteiger partial charge < -0.3 is 5.32 Å². The van der Waals surface area contributed by atoms with Gasteiger partial charge in [-0.1, -0.05) is 6.07 Å². The van der Waals surface area contributed by atoms with Crippen molar-refractivity contribution < 1.29 is 26.4 Å². The molecule has 26 heavy (non-hydrogen) atoms. The smallest absolute Gasteiger partial charge is 0.246 e. The number of sulfonamides is 1. The molecule has 1 aliphatic rings. The molecule has 0 saturated carbocycles. The second-order valence-electron chi connectivity index (χ2n) is 5.98. The number of nitrogens with one attached hydrogen (secondary N) is 1. The molecule has 9 heteroatoms. The van der Waals surface area contributed by atoms with Crippen LogP contribution in [0.2, 0.25) is 0 Å². The third kappa shape index (κ3) is 3.45. The summed E-state index contributed by atoms with van der Waals surface area (Å²) in [6, 6.07) is 4.94. The molecule has 0 aliphatic carbocycles. The fourth-order valence-corrected chi connectivity index (χ4v) is 3.96. The number of nitrogens with zero attached hydrogens (tertiary/aromatic N) is 1. The van der Waals surface area contributed by atoms with Crippen molar-refractivity contribution in [3.63, 3.8) is 0 Å². The maximum Gasteiger partial charge on any atom is 0.246 e. The Hall–Kier alpha value is -2.39. The molecule has 2 aromatic rings. The molecule has 0 unspecified atom stereocenters. The Kier molecular flexibility index (Phi) is 4.76. The summed E-state index contributed by atoms with van der Waals surface area (Å²) in [4.78, 5) is 10.8. The van der Waals surface area contributed by atoms with Crippen LogP contribution < -0.4 is 5.32 Å². The molecule has 0 aromatic heterocycles. The number of fused-ring (bicyclic) bond motifs is 1. The van der Waals surface area contributed by atoms with Crippen molar-refractivity contribution in [2.45, 2.75) is 24.3 Å². The second kappa shape index (κ2) is 6.73. The van der Waals surface area contributed by atoms with Crippen molar-refractivity contribution in [2.75, 3.05) is 12.4 Å². The first-order valence-electron chi connectivity index (χ1n) is 7.71. The van der Waals surface area contributed by atoms with Crippen LogP contribution in [0.3, 0.4) is 0 Å². The number of carbonyl (C=O) groups is 1. The summed E-state index contributed by atoms with van der Waals surface area (Å²) in [6.07, 6.45) is 0.467. The van der Waals surface area contributed by atoms with E-state index in [0.717, 1.165) is 22.5 Å². The summed E-state index contributed by atoms with van der Waals surface area (Å²) in [5, 5.41) is 2.49. The number of benzene rings is 2. The average molecular weight is 384 g/mol. The Morgan fingerprint density at radius 1 is 1.08 bits per heavy atom. The molecule has 3 rings (SSSR count). The van der Waals surface area contributed by atoms with E-state index in [1.165, 1.54) is 13.1 Å². The lowest BCUT2D eigenvalue weighted by molar-refractivity contribution is -0.116. The van der Waals surface area contributed by atoms with E-state index in [1.807, 2.05) is 0 Å². The third-order valence-corrected chi connectivity index (χ3v) is 5.97. The lowest BCUT2D eigenvalue weighted by Gasteiger charge is -2.21. The first kappa shape index (κ1) is 18.4. The molecule has 5 nitrogen and oxygen atoms in total. The largest absolute Gasteiger partial charge is 0.326 e. The van der Waals surface area contributed by atoms with Gasteiger partial charge in [-0.2, -0.15) is 4.31 Å². The number of carbonyl (C=O) groups excluding carboxylic acids is 1. The number of hydrogen-bond acceptors (Lipinski definition) is 3. The predicted octanol–water partition coefficient (Wildman–Crippen LogP) is 2.81. The first-order valence-corrected chi connectivity index (χ1v) is 9.15. The zero-order valence-electron chi connectivity index (χ0n) is 13.7. The van der Waals surface area contributed by atoms with Gasteiger partial charge in [-0.25, -0.2) is 21.6 Å². The minimum absolute atomic E-state index is 0.0388. The van der Waals surface area contributed by atoms with Crippen molar-refractivity contribution in [3.05, 3.63) is 58.9 Å². The van der Waals surface area contributed by atoms with Crippen LogP contribution in [0.15, 0.2) is 35.2 Å². The molecule has 1 heterocycles. The minimum Gasteiger partial charge on any atom is -0.326 e. The number of aryl methyl sites for hydroxylation is 1. The number of halogens is 3. The van der Waals surface area contributed by atoms with Crippen molar-refractivity contribution in [3.8, 4) is 0 Å². The molecule has 2 aromatic carbocycles. The van der Waals surface area contributed by atoms with Gasteiger partial charge in [0.05, 0.1) is 0 Å². The summed E-state index contributed by atoms with van der Waals surface area (Å²) in [7, 11) is -3.08. The Morgan fingerprint density at radius 3 is 2.50 bits per heavy atom. The van der Waals surface area contributed by atoms with Crippen LogP contribution in [0.1, 0.15) is 17.5 Å². The normalized spacial score (nSPS) is 14.3. The Morgan fingerprint density at radius 2 is 1.81 bits per heavy atom. The molecule has 0 atom stereocenters. The van der Waals surface area contributed by atoms with Crippen molar-refractivity contribution in [1.82, 2.24) is 4.31 Å². The molecule has 0 saturated heterocycles. The van der Waals surface area contributed by atoms with Crippen molar-refractivity contribution in [1.29, 1.82) is 0 Å². The molecule has 1 amide bonds. The van der Waals surface area contributed by atoms with Crippen molar-refractivity contribution in [2.24, 2.45) is 0 Å². The van der Waals surface area contributed by atoms with Gasteiger partial charge in [0.15, 0.2) is 0 Å². The zero-order chi connectivity index (χ0) is 19.1. The lowest BCUT2D eigenvalue weighted by atomic mass is 10.0. The van der Waals surface area contributed by atoms with Gasteiger partial charge in [0, 0.05) is 37.3 Å². The Balaban J connectivity index is 1.93. The SMILES string of the molecule is CN(Cc1ccc(F)cc1F)S(=O)(=O)c1cc2c(cc1F)NC(=O)CC2. The van der Waals surface area contributed by atoms with Gasteiger partial charge in [0.25, 0.3) is 0 Å². The summed E-state index contributed by atoms with van der Waals surface area (Å²) >= 11 is 0. The van der Waals surface area contributed by atoms with Crippen LogP contribution in [0.4, 0.5) is 18.9 Å². The molecule has 1 N–H and O–H groups in total. The summed E-state index contributed by atoms with van der Waals surface area (Å²) in [5.74, 6) is -2.95. The third-order valence-electron chi connectivity index (χ3n) is 4.15. The summed E-state index contributed by atoms with van der Waals surface area (Å²) in [6.45, 7) is -0.387. The summed E-state index contributed by atoms with van der Waals surface area (Å²) in [5.41, 5.74) is 0.707. The van der Waals surface area contributed by atoms with E-state index >= 15 is 0 Å². The van der Waals surface area contributed by atoms with Crippen LogP contribution in [-0.4, -0.2) is 25.7 Å². The monoisotopic (exact) mass is 384 g/mol. The van der Waals surface area contributed by atoms with Gasteiger partial charge in [-0.05, 0) is 30.2 Å². The van der Waals surface area contributed by atoms with E-state index in [4.69, 9.17) is 0 Å². The molecule has 0 spiro atoms. The van der Waals surface area contributed by atoms with Gasteiger partial charge in [0.2, 0.25) is 15.9 Å². The molecular formula is C17H15F3N2O3S. The number of rotatable bonds is 4. The maximum absolute atomic E-state index is 14.4. The second-order valence-corrected chi connectivity index (χ2v) is 8.00. The van der Waals surface area contributed by atoms with Crippen LogP contribution in [0, 0.1) is 17.5 Å². The maximum atomic E-state index is 14.4. The number of amides is 1. The molecule has 138 valence electrons. The number of hydrogen-bond donors (Lipinski definition) is 1. The molecule has 0 bridgehead atoms. The average Bonchev–Trinajstić information content (AvgIpc) is 2.56. The predicted molar refractivity (Wildman–Crippen MR) is 88.4 cm³/mol. The van der Waals surface area contributed by atoms with Crippen LogP contribution in [0.5, 0.6) is 0 Å². The number of anilines is 1. The van der Waals surface area contributed by atoms with E-state index in [2.05, 4.69) is 5.32 Å². The van der Waals surface area contributed by atoms with Gasteiger partial charge in [0.1, 0.15) is 22.3 Å². The zero-order valence-corrected chi connectivity index (χ0v) is 14.5. The fraction of sp³-hybridized carbons (Fsp3) is 0.235. The topological polar surface area (TPSA) is 66.5 Å². The molecule has 0 radical (unpaired) electrons. The van der Waals surface area contributed by atoms with E-state index in [0.29, 0.717) is 18.1 Å². The van der Waals surface area contributed by atoms with Crippen molar-refractivity contribution >= 4 is 21.6 Å². The Labute approximate surface area is 148 Å². The first-order chi connectivity index (χ1) is 12.2. The van der Waals surface area contributed by atoms with E-state index < -0.39 is 32.4 Å². The lowest BCUT2D eigenvalue weighted by Crippen LogP contribution is -2.28. The fourth-order valence-electron chi connectivity index (χ4n) is 2.72. The molecular weight excluding hydrogens is 369 g/mol. The quantitative estimate of drug-likeness (QED) is 0.882. The highest BCUT2D eigenvalue weighted by Crippen LogP contribution is 2.30. The highest BCUT2D eigenvalue weighted by Gasteiger charge is 2.28. The molecule has 1 aliphatic heterocycles. The van der Waals surface area contributed by atoms with E-state index in [-0.39, 0.29) is 30.1 Å². The minimum atomic E-state index is -4.26. The van der Waals surface area contributed by atoms with Gasteiger partial charge >= 0.3 is 0 Å². The molecule has 0 fully saturated rings. The van der Waals surface area contributed by atoms with E-state index in [9.17, 15) is 26.4 Å². The summed E-state index contributed by atoms with van der Waals surface area (Å²) < 4.78 is 67.3. The van der Waals surface area contributed by atoms with Gasteiger partial charge in [-0.3, -0.25) is 4.79 Å². The van der Waals surface area contributed by atoms with Crippen LogP contribution >= 0.6 is 0 Å².